The number of carbonyl (C=O) groups is 1. The van der Waals surface area contributed by atoms with Crippen molar-refractivity contribution in [2.24, 2.45) is 0 Å². The van der Waals surface area contributed by atoms with Crippen LogP contribution in [0.1, 0.15) is 41.6 Å². The zero-order chi connectivity index (χ0) is 18.1. The number of nitrogens with zero attached hydrogens (tertiary/aromatic N) is 3. The van der Waals surface area contributed by atoms with Crippen LogP contribution < -0.4 is 10.6 Å². The summed E-state index contributed by atoms with van der Waals surface area (Å²) < 4.78 is 27.2. The van der Waals surface area contributed by atoms with Gasteiger partial charge in [0, 0.05) is 18.4 Å². The molecule has 1 atom stereocenters. The van der Waals surface area contributed by atoms with Gasteiger partial charge >= 0.3 is 0 Å². The number of carbonyl (C=O) groups excluding carboxylic acids is 1. The summed E-state index contributed by atoms with van der Waals surface area (Å²) in [5, 5.41) is 10.4. The van der Waals surface area contributed by atoms with E-state index in [-0.39, 0.29) is 30.2 Å². The number of amides is 1. The molecule has 3 N–H and O–H groups in total. The van der Waals surface area contributed by atoms with Crippen LogP contribution in [0.3, 0.4) is 0 Å². The van der Waals surface area contributed by atoms with E-state index in [1.54, 1.807) is 30.5 Å². The Labute approximate surface area is 160 Å². The van der Waals surface area contributed by atoms with Gasteiger partial charge < -0.3 is 15.6 Å². The Balaban J connectivity index is 0.00000210. The van der Waals surface area contributed by atoms with Crippen LogP contribution >= 0.6 is 12.4 Å². The second kappa shape index (κ2) is 8.01. The number of alkyl halides is 2. The summed E-state index contributed by atoms with van der Waals surface area (Å²) in [7, 11) is 0. The fraction of sp³-hybridized carbons (Fsp3) is 0.353. The van der Waals surface area contributed by atoms with E-state index in [1.165, 1.54) is 0 Å². The fourth-order valence-electron chi connectivity index (χ4n) is 3.13. The molecule has 7 nitrogen and oxygen atoms in total. The number of halogens is 3. The van der Waals surface area contributed by atoms with Crippen molar-refractivity contribution >= 4 is 35.0 Å². The van der Waals surface area contributed by atoms with Crippen LogP contribution in [-0.2, 0) is 0 Å². The molecular formula is C17H19ClF2N6O. The van der Waals surface area contributed by atoms with Crippen LogP contribution in [0.15, 0.2) is 30.5 Å². The van der Waals surface area contributed by atoms with Crippen LogP contribution in [0, 0.1) is 0 Å². The second-order valence-electron chi connectivity index (χ2n) is 6.29. The van der Waals surface area contributed by atoms with E-state index in [2.05, 4.69) is 25.7 Å². The summed E-state index contributed by atoms with van der Waals surface area (Å²) in [4.78, 5) is 18.8. The SMILES string of the molecule is Cl.O=C(Nc1ccc2nc(C(F)F)[nH]c2c1)c1ccn(C2CCCNC2)n1. The minimum absolute atomic E-state index is 0. The smallest absolute Gasteiger partial charge is 0.295 e. The molecule has 1 saturated heterocycles. The number of rotatable bonds is 4. The van der Waals surface area contributed by atoms with Gasteiger partial charge in [-0.3, -0.25) is 9.48 Å². The minimum atomic E-state index is -2.67. The number of aromatic amines is 1. The fourth-order valence-corrected chi connectivity index (χ4v) is 3.13. The molecule has 144 valence electrons. The third-order valence-electron chi connectivity index (χ3n) is 4.45. The van der Waals surface area contributed by atoms with Gasteiger partial charge in [0.1, 0.15) is 0 Å². The van der Waals surface area contributed by atoms with Crippen LogP contribution in [0.25, 0.3) is 11.0 Å². The average Bonchev–Trinajstić information content (AvgIpc) is 3.29. The van der Waals surface area contributed by atoms with E-state index in [1.807, 2.05) is 4.68 Å². The second-order valence-corrected chi connectivity index (χ2v) is 6.29. The first-order valence-electron chi connectivity index (χ1n) is 8.45. The van der Waals surface area contributed by atoms with E-state index in [4.69, 9.17) is 0 Å². The first kappa shape index (κ1) is 19.2. The van der Waals surface area contributed by atoms with Gasteiger partial charge in [0.25, 0.3) is 12.3 Å². The predicted molar refractivity (Wildman–Crippen MR) is 99.6 cm³/mol. The number of imidazole rings is 1. The van der Waals surface area contributed by atoms with Crippen LogP contribution in [0.2, 0.25) is 0 Å². The summed E-state index contributed by atoms with van der Waals surface area (Å²) in [5.41, 5.74) is 1.67. The number of benzene rings is 1. The topological polar surface area (TPSA) is 87.6 Å². The Kier molecular flexibility index (Phi) is 5.71. The summed E-state index contributed by atoms with van der Waals surface area (Å²) in [5.74, 6) is -0.733. The van der Waals surface area contributed by atoms with Gasteiger partial charge in [-0.25, -0.2) is 13.8 Å². The van der Waals surface area contributed by atoms with Gasteiger partial charge in [0.05, 0.1) is 17.1 Å². The van der Waals surface area contributed by atoms with Crippen molar-refractivity contribution in [1.82, 2.24) is 25.1 Å². The predicted octanol–water partition coefficient (Wildman–Crippen LogP) is 3.30. The van der Waals surface area contributed by atoms with Crippen molar-refractivity contribution in [2.75, 3.05) is 18.4 Å². The third-order valence-corrected chi connectivity index (χ3v) is 4.45. The molecule has 0 aliphatic carbocycles. The van der Waals surface area contributed by atoms with Gasteiger partial charge in [-0.2, -0.15) is 5.10 Å². The summed E-state index contributed by atoms with van der Waals surface area (Å²) >= 11 is 0. The lowest BCUT2D eigenvalue weighted by molar-refractivity contribution is 0.102. The molecule has 27 heavy (non-hydrogen) atoms. The number of hydrogen-bond acceptors (Lipinski definition) is 4. The molecule has 3 heterocycles. The zero-order valence-electron chi connectivity index (χ0n) is 14.3. The van der Waals surface area contributed by atoms with Gasteiger partial charge in [-0.15, -0.1) is 12.4 Å². The maximum atomic E-state index is 12.7. The van der Waals surface area contributed by atoms with E-state index >= 15 is 0 Å². The lowest BCUT2D eigenvalue weighted by Gasteiger charge is -2.22. The molecular weight excluding hydrogens is 378 g/mol. The van der Waals surface area contributed by atoms with Gasteiger partial charge in [0.2, 0.25) is 0 Å². The van der Waals surface area contributed by atoms with Gasteiger partial charge in [0.15, 0.2) is 11.5 Å². The first-order chi connectivity index (χ1) is 12.6. The Morgan fingerprint density at radius 1 is 1.33 bits per heavy atom. The molecule has 0 radical (unpaired) electrons. The van der Waals surface area contributed by atoms with E-state index in [0.717, 1.165) is 25.9 Å². The van der Waals surface area contributed by atoms with E-state index in [9.17, 15) is 13.6 Å². The molecule has 1 aliphatic rings. The van der Waals surface area contributed by atoms with Crippen molar-refractivity contribution < 1.29 is 13.6 Å². The van der Waals surface area contributed by atoms with Crippen molar-refractivity contribution in [2.45, 2.75) is 25.3 Å². The molecule has 1 amide bonds. The maximum Gasteiger partial charge on any atom is 0.295 e. The minimum Gasteiger partial charge on any atom is -0.337 e. The summed E-state index contributed by atoms with van der Waals surface area (Å²) in [6.07, 6.45) is 1.24. The molecule has 1 fully saturated rings. The van der Waals surface area contributed by atoms with E-state index in [0.29, 0.717) is 22.4 Å². The van der Waals surface area contributed by atoms with Crippen LogP contribution in [0.5, 0.6) is 0 Å². The van der Waals surface area contributed by atoms with Crippen molar-refractivity contribution in [3.8, 4) is 0 Å². The zero-order valence-corrected chi connectivity index (χ0v) is 15.1. The lowest BCUT2D eigenvalue weighted by Crippen LogP contribution is -2.32. The van der Waals surface area contributed by atoms with Crippen LogP contribution in [0.4, 0.5) is 14.5 Å². The Morgan fingerprint density at radius 2 is 2.19 bits per heavy atom. The number of fused-ring (bicyclic) bond motifs is 1. The summed E-state index contributed by atoms with van der Waals surface area (Å²) in [6.45, 7) is 1.85. The lowest BCUT2D eigenvalue weighted by atomic mass is 10.1. The van der Waals surface area contributed by atoms with Crippen molar-refractivity contribution in [3.63, 3.8) is 0 Å². The quantitative estimate of drug-likeness (QED) is 0.631. The highest BCUT2D eigenvalue weighted by Gasteiger charge is 2.18. The van der Waals surface area contributed by atoms with E-state index < -0.39 is 6.43 Å². The number of aromatic nitrogens is 4. The number of nitrogens with one attached hydrogen (secondary N) is 3. The molecule has 1 unspecified atom stereocenters. The Morgan fingerprint density at radius 3 is 2.93 bits per heavy atom. The average molecular weight is 397 g/mol. The summed E-state index contributed by atoms with van der Waals surface area (Å²) in [6, 6.07) is 6.71. The first-order valence-corrected chi connectivity index (χ1v) is 8.45. The molecule has 10 heteroatoms. The molecule has 4 rings (SSSR count). The van der Waals surface area contributed by atoms with Gasteiger partial charge in [-0.05, 0) is 43.7 Å². The Bertz CT molecular complexity index is 935. The third kappa shape index (κ3) is 4.09. The largest absolute Gasteiger partial charge is 0.337 e. The molecule has 0 bridgehead atoms. The normalized spacial score (nSPS) is 17.1. The van der Waals surface area contributed by atoms with Crippen molar-refractivity contribution in [1.29, 1.82) is 0 Å². The highest BCUT2D eigenvalue weighted by atomic mass is 35.5. The standard InChI is InChI=1S/C17H18F2N6O.ClH/c18-15(19)16-22-12-4-3-10(8-14(12)23-16)21-17(26)13-5-7-25(24-13)11-2-1-6-20-9-11;/h3-5,7-8,11,15,20H,1-2,6,9H2,(H,21,26)(H,22,23);1H. The highest BCUT2D eigenvalue weighted by Crippen LogP contribution is 2.23. The van der Waals surface area contributed by atoms with Crippen molar-refractivity contribution in [3.05, 3.63) is 42.0 Å². The monoisotopic (exact) mass is 396 g/mol. The highest BCUT2D eigenvalue weighted by molar-refractivity contribution is 6.03. The molecule has 1 aliphatic heterocycles. The van der Waals surface area contributed by atoms with Gasteiger partial charge in [-0.1, -0.05) is 0 Å². The molecule has 3 aromatic rings. The molecule has 1 aromatic carbocycles. The number of H-pyrrole nitrogens is 1. The number of anilines is 1. The van der Waals surface area contributed by atoms with Crippen LogP contribution in [-0.4, -0.2) is 38.7 Å². The molecule has 0 spiro atoms. The number of hydrogen-bond donors (Lipinski definition) is 3. The maximum absolute atomic E-state index is 12.7. The number of piperidine rings is 1. The Hall–Kier alpha value is -2.52. The molecule has 0 saturated carbocycles. The molecule has 2 aromatic heterocycles.